The molecular formula is CH14P10. The van der Waals surface area contributed by atoms with Crippen LogP contribution in [0.15, 0.2) is 0 Å². The second-order valence-electron chi connectivity index (χ2n) is 1.91. The lowest BCUT2D eigenvalue weighted by Crippen LogP contribution is -1.97. The summed E-state index contributed by atoms with van der Waals surface area (Å²) in [6.07, 6.45) is 0. The Labute approximate surface area is 88.9 Å². The maximum Gasteiger partial charge on any atom is 0.0641 e. The molecule has 0 saturated heterocycles. The van der Waals surface area contributed by atoms with E-state index in [0.29, 0.717) is 4.38 Å². The van der Waals surface area contributed by atoms with Crippen molar-refractivity contribution in [2.45, 2.75) is 4.38 Å². The van der Waals surface area contributed by atoms with E-state index in [1.165, 1.54) is 0 Å². The van der Waals surface area contributed by atoms with E-state index in [-0.39, 0.29) is 21.9 Å². The largest absolute Gasteiger partial charge is 0.115 e. The Hall–Kier alpha value is 4.30. The van der Waals surface area contributed by atoms with Gasteiger partial charge in [0.05, 0.1) is 4.38 Å². The maximum absolute atomic E-state index is 3.02. The number of rotatable bonds is 3. The first-order valence-corrected chi connectivity index (χ1v) is 16.8. The molecule has 0 aromatic rings. The zero-order valence-electron chi connectivity index (χ0n) is 5.88. The normalized spacial score (nSPS) is 13.6. The molecule has 0 amide bonds. The molecule has 0 aromatic carbocycles. The third-order valence-electron chi connectivity index (χ3n) is 1.14. The van der Waals surface area contributed by atoms with E-state index in [9.17, 15) is 0 Å². The van der Waals surface area contributed by atoms with Gasteiger partial charge in [-0.1, -0.05) is 0 Å². The van der Waals surface area contributed by atoms with Crippen molar-refractivity contribution in [1.82, 2.24) is 0 Å². The minimum Gasteiger partial charge on any atom is -0.115 e. The van der Waals surface area contributed by atoms with Crippen LogP contribution in [0.4, 0.5) is 0 Å². The molecule has 0 heterocycles. The first kappa shape index (κ1) is 15.3. The van der Waals surface area contributed by atoms with Crippen molar-refractivity contribution in [3.63, 3.8) is 0 Å². The van der Waals surface area contributed by atoms with Crippen LogP contribution < -0.4 is 0 Å². The van der Waals surface area contributed by atoms with Gasteiger partial charge in [0.25, 0.3) is 0 Å². The molecule has 10 heteroatoms. The third kappa shape index (κ3) is 4.35. The van der Waals surface area contributed by atoms with E-state index in [4.69, 9.17) is 0 Å². The standard InChI is InChI=1S/CH14P10/c2-1(9(3)4,10(5)6)11(7)8/h2-8H2. The molecule has 0 spiro atoms. The summed E-state index contributed by atoms with van der Waals surface area (Å²) in [5.74, 6) is 0. The van der Waals surface area contributed by atoms with Crippen molar-refractivity contribution in [1.29, 1.82) is 0 Å². The first-order valence-electron chi connectivity index (χ1n) is 2.51. The second kappa shape index (κ2) is 6.79. The topological polar surface area (TPSA) is 0 Å². The zero-order valence-corrected chi connectivity index (χ0v) is 16.6. The van der Waals surface area contributed by atoms with Gasteiger partial charge < -0.3 is 0 Å². The quantitative estimate of drug-likeness (QED) is 0.658. The molecule has 11 heavy (non-hydrogen) atoms. The highest BCUT2D eigenvalue weighted by molar-refractivity contribution is 8.65. The SMILES string of the molecule is PP(P)C(P)(P(P)P)P(P)P. The predicted octanol–water partition coefficient (Wildman–Crippen LogP) is 4.66. The molecule has 7 unspecified atom stereocenters. The zero-order chi connectivity index (χ0) is 9.23. The van der Waals surface area contributed by atoms with E-state index in [1.807, 2.05) is 0 Å². The molecule has 0 aliphatic rings. The molecule has 0 saturated carbocycles. The highest BCUT2D eigenvalue weighted by Gasteiger charge is 2.36. The summed E-state index contributed by atoms with van der Waals surface area (Å²) in [6, 6.07) is 0. The van der Waals surface area contributed by atoms with Crippen LogP contribution in [0.1, 0.15) is 0 Å². The Balaban J connectivity index is 4.53. The molecule has 0 N–H and O–H groups in total. The van der Waals surface area contributed by atoms with E-state index in [1.54, 1.807) is 0 Å². The van der Waals surface area contributed by atoms with Crippen molar-refractivity contribution in [2.24, 2.45) is 0 Å². The molecule has 0 aromatic heterocycles. The van der Waals surface area contributed by atoms with Gasteiger partial charge in [0.1, 0.15) is 0 Å². The lowest BCUT2D eigenvalue weighted by molar-refractivity contribution is 1.89. The van der Waals surface area contributed by atoms with Crippen LogP contribution in [-0.2, 0) is 0 Å². The van der Waals surface area contributed by atoms with Crippen LogP contribution in [0.2, 0.25) is 0 Å². The Bertz CT molecular complexity index is 92.3. The summed E-state index contributed by atoms with van der Waals surface area (Å²) >= 11 is 0. The van der Waals surface area contributed by atoms with E-state index in [0.717, 1.165) is 0 Å². The van der Waals surface area contributed by atoms with Crippen molar-refractivity contribution < 1.29 is 0 Å². The lowest BCUT2D eigenvalue weighted by atomic mass is 11.8. The lowest BCUT2D eigenvalue weighted by Gasteiger charge is -2.40. The first-order chi connectivity index (χ1) is 4.83. The smallest absolute Gasteiger partial charge is 0.0641 e. The molecule has 0 bridgehead atoms. The van der Waals surface area contributed by atoms with Crippen LogP contribution in [-0.4, -0.2) is 4.38 Å². The van der Waals surface area contributed by atoms with Crippen LogP contribution in [0.3, 0.4) is 0 Å². The average molecular weight is 336 g/mol. The van der Waals surface area contributed by atoms with Gasteiger partial charge in [-0.3, -0.25) is 0 Å². The van der Waals surface area contributed by atoms with Gasteiger partial charge >= 0.3 is 0 Å². The molecule has 0 fully saturated rings. The van der Waals surface area contributed by atoms with Crippen LogP contribution in [0, 0.1) is 0 Å². The minimum atomic E-state index is -0.0543. The van der Waals surface area contributed by atoms with Gasteiger partial charge in [-0.15, -0.1) is 62.8 Å². The number of hydrogen-bond acceptors (Lipinski definition) is 0. The highest BCUT2D eigenvalue weighted by atomic mass is 32.5. The van der Waals surface area contributed by atoms with E-state index < -0.39 is 0 Å². The molecule has 0 aliphatic carbocycles. The molecule has 0 radical (unpaired) electrons. The van der Waals surface area contributed by atoms with Crippen molar-refractivity contribution in [3.8, 4) is 0 Å². The molecular weight excluding hydrogens is 322 g/mol. The van der Waals surface area contributed by atoms with E-state index in [2.05, 4.69) is 62.8 Å². The Kier molecular flexibility index (Phi) is 9.45. The van der Waals surface area contributed by atoms with Gasteiger partial charge in [-0.2, -0.15) is 0 Å². The molecule has 0 aliphatic heterocycles. The summed E-state index contributed by atoms with van der Waals surface area (Å²) in [4.78, 5) is 0. The number of hydrogen-bond donors (Lipinski definition) is 0. The van der Waals surface area contributed by atoms with Gasteiger partial charge in [0, 0.05) is 0 Å². The summed E-state index contributed by atoms with van der Waals surface area (Å²) < 4.78 is 0.389. The van der Waals surface area contributed by atoms with Crippen molar-refractivity contribution in [2.75, 3.05) is 0 Å². The fraction of sp³-hybridized carbons (Fsp3) is 1.00. The monoisotopic (exact) mass is 336 g/mol. The van der Waals surface area contributed by atoms with Crippen molar-refractivity contribution >= 4 is 84.7 Å². The Morgan fingerprint density at radius 2 is 0.818 bits per heavy atom. The maximum atomic E-state index is 3.02. The molecule has 7 atom stereocenters. The Morgan fingerprint density at radius 3 is 0.818 bits per heavy atom. The summed E-state index contributed by atoms with van der Waals surface area (Å²) in [6.45, 7) is 0. The fourth-order valence-corrected chi connectivity index (χ4v) is 32.4. The summed E-state index contributed by atoms with van der Waals surface area (Å²) in [5, 5.41) is 0. The average Bonchev–Trinajstić information content (AvgIpc) is 1.84. The summed E-state index contributed by atoms with van der Waals surface area (Å²) in [5.41, 5.74) is 0. The fourth-order valence-electron chi connectivity index (χ4n) is 0.400. The molecule has 68 valence electrons. The van der Waals surface area contributed by atoms with Gasteiger partial charge in [0.15, 0.2) is 0 Å². The van der Waals surface area contributed by atoms with Crippen LogP contribution in [0.5, 0.6) is 0 Å². The highest BCUT2D eigenvalue weighted by Crippen LogP contribution is 2.95. The summed E-state index contributed by atoms with van der Waals surface area (Å²) in [7, 11) is 20.4. The Morgan fingerprint density at radius 1 is 0.636 bits per heavy atom. The van der Waals surface area contributed by atoms with Crippen LogP contribution >= 0.6 is 84.7 Å². The van der Waals surface area contributed by atoms with Crippen molar-refractivity contribution in [3.05, 3.63) is 0 Å². The van der Waals surface area contributed by atoms with Gasteiger partial charge in [-0.25, -0.2) is 0 Å². The third-order valence-corrected chi connectivity index (χ3v) is 30.8. The predicted molar refractivity (Wildman–Crippen MR) is 91.5 cm³/mol. The second-order valence-corrected chi connectivity index (χ2v) is 25.2. The molecule has 0 nitrogen and oxygen atoms in total. The minimum absolute atomic E-state index is 0.0543. The molecule has 0 rings (SSSR count). The van der Waals surface area contributed by atoms with Gasteiger partial charge in [0.2, 0.25) is 0 Å². The van der Waals surface area contributed by atoms with E-state index >= 15 is 0 Å². The van der Waals surface area contributed by atoms with Gasteiger partial charge in [-0.05, 0) is 21.9 Å². The van der Waals surface area contributed by atoms with Crippen LogP contribution in [0.25, 0.3) is 0 Å².